The van der Waals surface area contributed by atoms with Crippen LogP contribution in [-0.4, -0.2) is 28.5 Å². The fourth-order valence-corrected chi connectivity index (χ4v) is 3.73. The molecule has 2 aromatic rings. The van der Waals surface area contributed by atoms with Gasteiger partial charge in [0.25, 0.3) is 5.91 Å². The highest BCUT2D eigenvalue weighted by Crippen LogP contribution is 2.28. The van der Waals surface area contributed by atoms with Crippen molar-refractivity contribution in [1.29, 1.82) is 0 Å². The summed E-state index contributed by atoms with van der Waals surface area (Å²) in [5.74, 6) is 1.06. The van der Waals surface area contributed by atoms with E-state index in [1.807, 2.05) is 6.92 Å². The number of ether oxygens (including phenoxy) is 1. The molecular formula is C12H11BrClN3O2S2. The number of anilines is 1. The molecule has 0 saturated heterocycles. The Morgan fingerprint density at radius 3 is 3.05 bits per heavy atom. The van der Waals surface area contributed by atoms with E-state index in [9.17, 15) is 4.79 Å². The van der Waals surface area contributed by atoms with Gasteiger partial charge >= 0.3 is 0 Å². The van der Waals surface area contributed by atoms with E-state index in [2.05, 4.69) is 31.4 Å². The van der Waals surface area contributed by atoms with E-state index in [0.717, 1.165) is 14.6 Å². The lowest BCUT2D eigenvalue weighted by atomic mass is 10.3. The van der Waals surface area contributed by atoms with Crippen molar-refractivity contribution in [2.45, 2.75) is 11.3 Å². The lowest BCUT2D eigenvalue weighted by Crippen LogP contribution is -2.20. The monoisotopic (exact) mass is 407 g/mol. The molecule has 0 unspecified atom stereocenters. The maximum Gasteiger partial charge on any atom is 0.264 e. The van der Waals surface area contributed by atoms with Crippen LogP contribution >= 0.6 is 50.6 Å². The van der Waals surface area contributed by atoms with Crippen molar-refractivity contribution in [2.24, 2.45) is 0 Å². The van der Waals surface area contributed by atoms with Crippen LogP contribution in [0.3, 0.4) is 0 Å². The third-order valence-corrected chi connectivity index (χ3v) is 4.82. The molecular weight excluding hydrogens is 398 g/mol. The molecule has 1 amide bonds. The van der Waals surface area contributed by atoms with Gasteiger partial charge in [0, 0.05) is 4.47 Å². The smallest absolute Gasteiger partial charge is 0.264 e. The lowest BCUT2D eigenvalue weighted by Gasteiger charge is -2.07. The van der Waals surface area contributed by atoms with Gasteiger partial charge in [0.05, 0.1) is 5.02 Å². The highest BCUT2D eigenvalue weighted by atomic mass is 79.9. The Bertz CT molecular complexity index is 639. The minimum Gasteiger partial charge on any atom is -0.482 e. The largest absolute Gasteiger partial charge is 0.482 e. The topological polar surface area (TPSA) is 64.1 Å². The van der Waals surface area contributed by atoms with Crippen molar-refractivity contribution in [3.05, 3.63) is 27.7 Å². The van der Waals surface area contributed by atoms with E-state index in [0.29, 0.717) is 15.9 Å². The highest BCUT2D eigenvalue weighted by molar-refractivity contribution is 9.10. The number of thioether (sulfide) groups is 1. The number of nitrogens with zero attached hydrogens (tertiary/aromatic N) is 2. The second kappa shape index (κ2) is 7.98. The van der Waals surface area contributed by atoms with Crippen LogP contribution in [0.5, 0.6) is 5.75 Å². The molecule has 1 N–H and O–H groups in total. The van der Waals surface area contributed by atoms with Gasteiger partial charge in [-0.25, -0.2) is 0 Å². The van der Waals surface area contributed by atoms with Crippen molar-refractivity contribution in [3.63, 3.8) is 0 Å². The summed E-state index contributed by atoms with van der Waals surface area (Å²) in [5.41, 5.74) is 0. The molecule has 1 aromatic heterocycles. The van der Waals surface area contributed by atoms with Gasteiger partial charge in [-0.3, -0.25) is 10.1 Å². The second-order valence-electron chi connectivity index (χ2n) is 3.72. The zero-order valence-corrected chi connectivity index (χ0v) is 14.9. The molecule has 5 nitrogen and oxygen atoms in total. The predicted octanol–water partition coefficient (Wildman–Crippen LogP) is 4.08. The lowest BCUT2D eigenvalue weighted by molar-refractivity contribution is -0.118. The summed E-state index contributed by atoms with van der Waals surface area (Å²) in [7, 11) is 0. The first-order valence-corrected chi connectivity index (χ1v) is 8.89. The molecule has 0 bridgehead atoms. The molecule has 1 heterocycles. The van der Waals surface area contributed by atoms with Crippen LogP contribution in [0.4, 0.5) is 5.13 Å². The van der Waals surface area contributed by atoms with Crippen LogP contribution < -0.4 is 10.1 Å². The van der Waals surface area contributed by atoms with Gasteiger partial charge in [-0.15, -0.1) is 10.2 Å². The van der Waals surface area contributed by atoms with Gasteiger partial charge in [-0.1, -0.05) is 57.6 Å². The van der Waals surface area contributed by atoms with E-state index in [1.54, 1.807) is 30.0 Å². The minimum absolute atomic E-state index is 0.142. The molecule has 0 saturated carbocycles. The van der Waals surface area contributed by atoms with E-state index < -0.39 is 0 Å². The van der Waals surface area contributed by atoms with Gasteiger partial charge in [0.15, 0.2) is 10.9 Å². The summed E-state index contributed by atoms with van der Waals surface area (Å²) in [6.45, 7) is 1.89. The van der Waals surface area contributed by atoms with Gasteiger partial charge in [0.1, 0.15) is 5.75 Å². The maximum atomic E-state index is 11.8. The van der Waals surface area contributed by atoms with Crippen molar-refractivity contribution in [2.75, 3.05) is 17.7 Å². The van der Waals surface area contributed by atoms with Crippen LogP contribution in [0.2, 0.25) is 5.02 Å². The molecule has 0 aliphatic rings. The molecule has 0 atom stereocenters. The molecule has 21 heavy (non-hydrogen) atoms. The fourth-order valence-electron chi connectivity index (χ4n) is 1.33. The fraction of sp³-hybridized carbons (Fsp3) is 0.250. The third-order valence-electron chi connectivity index (χ3n) is 2.17. The Morgan fingerprint density at radius 2 is 2.33 bits per heavy atom. The summed E-state index contributed by atoms with van der Waals surface area (Å²) < 4.78 is 7.04. The molecule has 1 aromatic carbocycles. The van der Waals surface area contributed by atoms with Crippen molar-refractivity contribution >= 4 is 61.7 Å². The molecule has 112 valence electrons. The predicted molar refractivity (Wildman–Crippen MR) is 89.6 cm³/mol. The summed E-state index contributed by atoms with van der Waals surface area (Å²) in [5, 5.41) is 11.4. The van der Waals surface area contributed by atoms with Crippen LogP contribution in [0.25, 0.3) is 0 Å². The van der Waals surface area contributed by atoms with Crippen LogP contribution in [0.15, 0.2) is 27.0 Å². The highest BCUT2D eigenvalue weighted by Gasteiger charge is 2.10. The average Bonchev–Trinajstić information content (AvgIpc) is 2.85. The van der Waals surface area contributed by atoms with E-state index in [1.165, 1.54) is 11.3 Å². The zero-order chi connectivity index (χ0) is 15.2. The molecule has 0 aliphatic carbocycles. The number of carbonyl (C=O) groups excluding carboxylic acids is 1. The van der Waals surface area contributed by atoms with Gasteiger partial charge in [0.2, 0.25) is 5.13 Å². The first-order chi connectivity index (χ1) is 10.1. The number of rotatable bonds is 6. The van der Waals surface area contributed by atoms with E-state index >= 15 is 0 Å². The normalized spacial score (nSPS) is 10.4. The first kappa shape index (κ1) is 16.5. The second-order valence-corrected chi connectivity index (χ2v) is 7.53. The van der Waals surface area contributed by atoms with E-state index in [4.69, 9.17) is 16.3 Å². The molecule has 0 radical (unpaired) electrons. The minimum atomic E-state index is -0.307. The quantitative estimate of drug-likeness (QED) is 0.576. The average molecular weight is 409 g/mol. The Kier molecular flexibility index (Phi) is 6.28. The Labute approximate surface area is 143 Å². The zero-order valence-electron chi connectivity index (χ0n) is 10.9. The summed E-state index contributed by atoms with van der Waals surface area (Å²) >= 11 is 12.2. The third kappa shape index (κ3) is 5.14. The van der Waals surface area contributed by atoms with Crippen LogP contribution in [0, 0.1) is 0 Å². The Hall–Kier alpha value is -0.830. The number of benzene rings is 1. The number of hydrogen-bond donors (Lipinski definition) is 1. The van der Waals surface area contributed by atoms with Crippen molar-refractivity contribution < 1.29 is 9.53 Å². The number of hydrogen-bond acceptors (Lipinski definition) is 6. The number of nitrogens with one attached hydrogen (secondary N) is 1. The SMILES string of the molecule is CCSc1nnc(NC(=O)COc2ccc(Br)cc2Cl)s1. The van der Waals surface area contributed by atoms with Gasteiger partial charge in [-0.05, 0) is 24.0 Å². The Morgan fingerprint density at radius 1 is 1.52 bits per heavy atom. The van der Waals surface area contributed by atoms with Gasteiger partial charge < -0.3 is 4.74 Å². The number of aromatic nitrogens is 2. The van der Waals surface area contributed by atoms with Crippen molar-refractivity contribution in [1.82, 2.24) is 10.2 Å². The molecule has 9 heteroatoms. The molecule has 0 aliphatic heterocycles. The summed E-state index contributed by atoms with van der Waals surface area (Å²) in [4.78, 5) is 11.8. The number of amides is 1. The molecule has 0 fully saturated rings. The van der Waals surface area contributed by atoms with E-state index in [-0.39, 0.29) is 12.5 Å². The maximum absolute atomic E-state index is 11.8. The number of carbonyl (C=O) groups is 1. The summed E-state index contributed by atoms with van der Waals surface area (Å²) in [6.07, 6.45) is 0. The molecule has 0 spiro atoms. The molecule has 2 rings (SSSR count). The van der Waals surface area contributed by atoms with Crippen molar-refractivity contribution in [3.8, 4) is 5.75 Å². The Balaban J connectivity index is 1.86. The van der Waals surface area contributed by atoms with Crippen LogP contribution in [-0.2, 0) is 4.79 Å². The first-order valence-electron chi connectivity index (χ1n) is 5.92. The number of halogens is 2. The van der Waals surface area contributed by atoms with Crippen LogP contribution in [0.1, 0.15) is 6.92 Å². The summed E-state index contributed by atoms with van der Waals surface area (Å²) in [6, 6.07) is 5.19. The standard InChI is InChI=1S/C12H11BrClN3O2S2/c1-2-20-12-17-16-11(21-12)15-10(18)6-19-9-4-3-7(13)5-8(9)14/h3-5H,2,6H2,1H3,(H,15,16,18). The van der Waals surface area contributed by atoms with Gasteiger partial charge in [-0.2, -0.15) is 0 Å².